The summed E-state index contributed by atoms with van der Waals surface area (Å²) in [5.41, 5.74) is 0. The van der Waals surface area contributed by atoms with Gasteiger partial charge in [-0.25, -0.2) is 0 Å². The minimum Gasteiger partial charge on any atom is -0.342 e. The van der Waals surface area contributed by atoms with Gasteiger partial charge in [0.05, 0.1) is 0 Å². The lowest BCUT2D eigenvalue weighted by Crippen LogP contribution is -2.50. The second kappa shape index (κ2) is 6.24. The Labute approximate surface area is 99.6 Å². The average Bonchev–Trinajstić information content (AvgIpc) is 2.20. The Morgan fingerprint density at radius 1 is 1.50 bits per heavy atom. The van der Waals surface area contributed by atoms with E-state index in [9.17, 15) is 4.79 Å². The molecule has 1 rings (SSSR count). The summed E-state index contributed by atoms with van der Waals surface area (Å²) < 4.78 is 0. The summed E-state index contributed by atoms with van der Waals surface area (Å²) in [6.07, 6.45) is 1.79. The fourth-order valence-corrected chi connectivity index (χ4v) is 2.42. The van der Waals surface area contributed by atoms with Gasteiger partial charge >= 0.3 is 0 Å². The monoisotopic (exact) mass is 226 g/mol. The second-order valence-electron chi connectivity index (χ2n) is 5.37. The molecule has 1 N–H and O–H groups in total. The fourth-order valence-electron chi connectivity index (χ4n) is 2.42. The van der Waals surface area contributed by atoms with Crippen LogP contribution in [0.15, 0.2) is 0 Å². The SMILES string of the molecule is CCNC1CCN(C(=O)CC(C)C)CC1C. The summed E-state index contributed by atoms with van der Waals surface area (Å²) >= 11 is 0. The predicted octanol–water partition coefficient (Wildman–Crippen LogP) is 1.88. The van der Waals surface area contributed by atoms with Crippen LogP contribution in [0.5, 0.6) is 0 Å². The number of carbonyl (C=O) groups is 1. The van der Waals surface area contributed by atoms with Gasteiger partial charge in [-0.1, -0.05) is 27.7 Å². The van der Waals surface area contributed by atoms with Crippen LogP contribution in [0.1, 0.15) is 40.5 Å². The lowest BCUT2D eigenvalue weighted by molar-refractivity contribution is -0.134. The van der Waals surface area contributed by atoms with E-state index in [4.69, 9.17) is 0 Å². The van der Waals surface area contributed by atoms with E-state index in [-0.39, 0.29) is 0 Å². The molecule has 94 valence electrons. The third kappa shape index (κ3) is 3.78. The highest BCUT2D eigenvalue weighted by molar-refractivity contribution is 5.76. The zero-order valence-corrected chi connectivity index (χ0v) is 11.1. The van der Waals surface area contributed by atoms with Crippen LogP contribution in [-0.4, -0.2) is 36.5 Å². The average molecular weight is 226 g/mol. The number of carbonyl (C=O) groups excluding carboxylic acids is 1. The highest BCUT2D eigenvalue weighted by atomic mass is 16.2. The van der Waals surface area contributed by atoms with E-state index < -0.39 is 0 Å². The molecular weight excluding hydrogens is 200 g/mol. The van der Waals surface area contributed by atoms with Gasteiger partial charge in [-0.3, -0.25) is 4.79 Å². The van der Waals surface area contributed by atoms with Gasteiger partial charge in [0, 0.05) is 25.6 Å². The summed E-state index contributed by atoms with van der Waals surface area (Å²) in [5.74, 6) is 1.37. The quantitative estimate of drug-likeness (QED) is 0.794. The molecule has 2 atom stereocenters. The number of nitrogens with zero attached hydrogens (tertiary/aromatic N) is 1. The van der Waals surface area contributed by atoms with Gasteiger partial charge in [0.25, 0.3) is 0 Å². The first-order valence-corrected chi connectivity index (χ1v) is 6.55. The molecule has 3 nitrogen and oxygen atoms in total. The maximum absolute atomic E-state index is 11.9. The molecule has 1 aliphatic rings. The zero-order chi connectivity index (χ0) is 12.1. The number of rotatable bonds is 4. The lowest BCUT2D eigenvalue weighted by atomic mass is 9.93. The summed E-state index contributed by atoms with van der Waals surface area (Å²) in [4.78, 5) is 14.0. The van der Waals surface area contributed by atoms with Gasteiger partial charge in [0.15, 0.2) is 0 Å². The van der Waals surface area contributed by atoms with Crippen LogP contribution in [0.3, 0.4) is 0 Å². The molecule has 3 heteroatoms. The number of likely N-dealkylation sites (tertiary alicyclic amines) is 1. The molecule has 16 heavy (non-hydrogen) atoms. The third-order valence-corrected chi connectivity index (χ3v) is 3.31. The van der Waals surface area contributed by atoms with Crippen molar-refractivity contribution in [1.82, 2.24) is 10.2 Å². The van der Waals surface area contributed by atoms with E-state index in [1.54, 1.807) is 0 Å². The van der Waals surface area contributed by atoms with Crippen molar-refractivity contribution in [3.63, 3.8) is 0 Å². The molecule has 1 fully saturated rings. The smallest absolute Gasteiger partial charge is 0.222 e. The van der Waals surface area contributed by atoms with Crippen LogP contribution >= 0.6 is 0 Å². The third-order valence-electron chi connectivity index (χ3n) is 3.31. The fraction of sp³-hybridized carbons (Fsp3) is 0.923. The van der Waals surface area contributed by atoms with Crippen molar-refractivity contribution < 1.29 is 4.79 Å². The predicted molar refractivity (Wildman–Crippen MR) is 67.3 cm³/mol. The van der Waals surface area contributed by atoms with Crippen molar-refractivity contribution in [3.05, 3.63) is 0 Å². The van der Waals surface area contributed by atoms with Crippen LogP contribution in [0.4, 0.5) is 0 Å². The molecule has 0 aromatic carbocycles. The Balaban J connectivity index is 2.41. The summed E-state index contributed by atoms with van der Waals surface area (Å²) in [6.45, 7) is 11.5. The number of piperidine rings is 1. The lowest BCUT2D eigenvalue weighted by Gasteiger charge is -2.37. The van der Waals surface area contributed by atoms with E-state index in [1.807, 2.05) is 4.90 Å². The van der Waals surface area contributed by atoms with E-state index in [0.717, 1.165) is 26.1 Å². The van der Waals surface area contributed by atoms with E-state index in [1.165, 1.54) is 0 Å². The van der Waals surface area contributed by atoms with E-state index in [0.29, 0.717) is 30.2 Å². The molecule has 0 spiro atoms. The highest BCUT2D eigenvalue weighted by Gasteiger charge is 2.27. The number of hydrogen-bond acceptors (Lipinski definition) is 2. The standard InChI is InChI=1S/C13H26N2O/c1-5-14-12-6-7-15(9-11(12)4)13(16)8-10(2)3/h10-12,14H,5-9H2,1-4H3. The Morgan fingerprint density at radius 2 is 2.19 bits per heavy atom. The molecule has 1 amide bonds. The first-order valence-electron chi connectivity index (χ1n) is 6.55. The van der Waals surface area contributed by atoms with Gasteiger partial charge in [-0.05, 0) is 24.8 Å². The molecule has 2 unspecified atom stereocenters. The van der Waals surface area contributed by atoms with Gasteiger partial charge in [0.1, 0.15) is 0 Å². The van der Waals surface area contributed by atoms with Gasteiger partial charge in [0.2, 0.25) is 5.91 Å². The summed E-state index contributed by atoms with van der Waals surface area (Å²) in [7, 11) is 0. The number of nitrogens with one attached hydrogen (secondary N) is 1. The maximum atomic E-state index is 11.9. The minimum atomic E-state index is 0.330. The van der Waals surface area contributed by atoms with Gasteiger partial charge in [-0.15, -0.1) is 0 Å². The molecule has 0 aromatic heterocycles. The minimum absolute atomic E-state index is 0.330. The Bertz CT molecular complexity index is 228. The molecular formula is C13H26N2O. The van der Waals surface area contributed by atoms with Gasteiger partial charge < -0.3 is 10.2 Å². The van der Waals surface area contributed by atoms with Crippen LogP contribution in [0.2, 0.25) is 0 Å². The van der Waals surface area contributed by atoms with E-state index in [2.05, 4.69) is 33.0 Å². The van der Waals surface area contributed by atoms with Crippen molar-refractivity contribution in [2.24, 2.45) is 11.8 Å². The largest absolute Gasteiger partial charge is 0.342 e. The molecule has 0 aliphatic carbocycles. The highest BCUT2D eigenvalue weighted by Crippen LogP contribution is 2.18. The molecule has 0 bridgehead atoms. The first-order chi connectivity index (χ1) is 7.54. The topological polar surface area (TPSA) is 32.3 Å². The van der Waals surface area contributed by atoms with Crippen molar-refractivity contribution in [2.45, 2.75) is 46.6 Å². The molecule has 1 heterocycles. The molecule has 0 radical (unpaired) electrons. The van der Waals surface area contributed by atoms with Crippen LogP contribution in [-0.2, 0) is 4.79 Å². The van der Waals surface area contributed by atoms with Crippen LogP contribution in [0, 0.1) is 11.8 Å². The van der Waals surface area contributed by atoms with Crippen molar-refractivity contribution in [1.29, 1.82) is 0 Å². The molecule has 0 saturated carbocycles. The zero-order valence-electron chi connectivity index (χ0n) is 11.1. The Hall–Kier alpha value is -0.570. The Morgan fingerprint density at radius 3 is 2.69 bits per heavy atom. The molecule has 0 aromatic rings. The van der Waals surface area contributed by atoms with Gasteiger partial charge in [-0.2, -0.15) is 0 Å². The summed E-state index contributed by atoms with van der Waals surface area (Å²) in [5, 5.41) is 3.50. The second-order valence-corrected chi connectivity index (χ2v) is 5.37. The summed E-state index contributed by atoms with van der Waals surface area (Å²) in [6, 6.07) is 0.591. The first kappa shape index (κ1) is 13.5. The number of amides is 1. The Kier molecular flexibility index (Phi) is 5.26. The van der Waals surface area contributed by atoms with Crippen LogP contribution < -0.4 is 5.32 Å². The van der Waals surface area contributed by atoms with E-state index >= 15 is 0 Å². The number of hydrogen-bond donors (Lipinski definition) is 1. The molecule has 1 saturated heterocycles. The van der Waals surface area contributed by atoms with Crippen molar-refractivity contribution in [2.75, 3.05) is 19.6 Å². The molecule has 1 aliphatic heterocycles. The maximum Gasteiger partial charge on any atom is 0.222 e. The van der Waals surface area contributed by atoms with Crippen molar-refractivity contribution >= 4 is 5.91 Å². The normalized spacial score (nSPS) is 26.2. The van der Waals surface area contributed by atoms with Crippen molar-refractivity contribution in [3.8, 4) is 0 Å². The van der Waals surface area contributed by atoms with Crippen LogP contribution in [0.25, 0.3) is 0 Å².